The van der Waals surface area contributed by atoms with Gasteiger partial charge in [-0.3, -0.25) is 4.79 Å². The van der Waals surface area contributed by atoms with Crippen molar-refractivity contribution in [3.8, 4) is 0 Å². The van der Waals surface area contributed by atoms with Crippen LogP contribution in [0.1, 0.15) is 77.6 Å². The highest BCUT2D eigenvalue weighted by Crippen LogP contribution is 2.15. The summed E-state index contributed by atoms with van der Waals surface area (Å²) in [5, 5.41) is 0. The van der Waals surface area contributed by atoms with E-state index in [9.17, 15) is 4.79 Å². The second-order valence-corrected chi connectivity index (χ2v) is 5.46. The SMILES string of the molecule is CCC1C=C=CCCCCCCCCCC(=O)C1. The van der Waals surface area contributed by atoms with Crippen molar-refractivity contribution in [2.45, 2.75) is 77.6 Å². The summed E-state index contributed by atoms with van der Waals surface area (Å²) < 4.78 is 0. The van der Waals surface area contributed by atoms with Crippen LogP contribution < -0.4 is 0 Å². The molecule has 0 N–H and O–H groups in total. The normalized spacial score (nSPS) is 24.5. The van der Waals surface area contributed by atoms with E-state index < -0.39 is 0 Å². The molecule has 0 saturated heterocycles. The van der Waals surface area contributed by atoms with Gasteiger partial charge in [-0.15, -0.1) is 5.73 Å². The van der Waals surface area contributed by atoms with Gasteiger partial charge in [-0.05, 0) is 43.8 Å². The molecule has 1 aliphatic rings. The minimum Gasteiger partial charge on any atom is -0.300 e. The Morgan fingerprint density at radius 2 is 1.78 bits per heavy atom. The van der Waals surface area contributed by atoms with E-state index in [2.05, 4.69) is 24.8 Å². The van der Waals surface area contributed by atoms with Gasteiger partial charge < -0.3 is 0 Å². The summed E-state index contributed by atoms with van der Waals surface area (Å²) >= 11 is 0. The van der Waals surface area contributed by atoms with E-state index in [4.69, 9.17) is 0 Å². The Balaban J connectivity index is 2.47. The first-order valence-electron chi connectivity index (χ1n) is 7.75. The predicted octanol–water partition coefficient (Wildman–Crippen LogP) is 5.21. The first-order valence-corrected chi connectivity index (χ1v) is 7.75. The molecule has 1 heteroatoms. The lowest BCUT2D eigenvalue weighted by atomic mass is 9.96. The van der Waals surface area contributed by atoms with E-state index in [1.807, 2.05) is 0 Å². The highest BCUT2D eigenvalue weighted by Gasteiger charge is 2.09. The maximum absolute atomic E-state index is 11.8. The van der Waals surface area contributed by atoms with Gasteiger partial charge in [0.25, 0.3) is 0 Å². The summed E-state index contributed by atoms with van der Waals surface area (Å²) in [5.74, 6) is 0.841. The molecule has 0 bridgehead atoms. The molecule has 0 heterocycles. The van der Waals surface area contributed by atoms with Crippen LogP contribution in [0.5, 0.6) is 0 Å². The second-order valence-electron chi connectivity index (χ2n) is 5.46. The molecule has 1 nitrogen and oxygen atoms in total. The molecule has 0 aromatic rings. The lowest BCUT2D eigenvalue weighted by Gasteiger charge is -2.07. The van der Waals surface area contributed by atoms with Crippen molar-refractivity contribution in [2.24, 2.45) is 5.92 Å². The van der Waals surface area contributed by atoms with Gasteiger partial charge in [0.1, 0.15) is 5.78 Å². The van der Waals surface area contributed by atoms with E-state index in [1.165, 1.54) is 38.5 Å². The molecule has 0 amide bonds. The van der Waals surface area contributed by atoms with Crippen LogP contribution in [0.4, 0.5) is 0 Å². The smallest absolute Gasteiger partial charge is 0.133 e. The van der Waals surface area contributed by atoms with Crippen molar-refractivity contribution in [3.05, 3.63) is 17.9 Å². The number of carbonyl (C=O) groups is 1. The first kappa shape index (κ1) is 15.2. The third-order valence-electron chi connectivity index (χ3n) is 3.77. The van der Waals surface area contributed by atoms with Gasteiger partial charge in [0, 0.05) is 12.8 Å². The van der Waals surface area contributed by atoms with Crippen molar-refractivity contribution in [2.75, 3.05) is 0 Å². The van der Waals surface area contributed by atoms with Gasteiger partial charge in [0.15, 0.2) is 0 Å². The Hall–Kier alpha value is -0.810. The van der Waals surface area contributed by atoms with Crippen LogP contribution in [0, 0.1) is 5.92 Å². The fourth-order valence-electron chi connectivity index (χ4n) is 2.46. The topological polar surface area (TPSA) is 17.1 Å². The minimum absolute atomic E-state index is 0.402. The number of hydrogen-bond donors (Lipinski definition) is 0. The molecule has 0 aromatic carbocycles. The van der Waals surface area contributed by atoms with Gasteiger partial charge in [0.2, 0.25) is 0 Å². The van der Waals surface area contributed by atoms with Gasteiger partial charge >= 0.3 is 0 Å². The Morgan fingerprint density at radius 1 is 1.11 bits per heavy atom. The van der Waals surface area contributed by atoms with Crippen molar-refractivity contribution in [3.63, 3.8) is 0 Å². The third kappa shape index (κ3) is 7.50. The molecule has 0 radical (unpaired) electrons. The highest BCUT2D eigenvalue weighted by atomic mass is 16.1. The average Bonchev–Trinajstić information content (AvgIpc) is 2.38. The number of ketones is 1. The van der Waals surface area contributed by atoms with Gasteiger partial charge in [0.05, 0.1) is 0 Å². The molecular weight excluding hydrogens is 220 g/mol. The quantitative estimate of drug-likeness (QED) is 0.582. The van der Waals surface area contributed by atoms with Crippen LogP contribution in [0.2, 0.25) is 0 Å². The van der Waals surface area contributed by atoms with Crippen LogP contribution in [-0.4, -0.2) is 5.78 Å². The van der Waals surface area contributed by atoms with Crippen molar-refractivity contribution >= 4 is 5.78 Å². The lowest BCUT2D eigenvalue weighted by molar-refractivity contribution is -0.119. The van der Waals surface area contributed by atoms with Crippen LogP contribution >= 0.6 is 0 Å². The first-order chi connectivity index (χ1) is 8.83. The summed E-state index contributed by atoms with van der Waals surface area (Å²) in [6.07, 6.45) is 16.9. The maximum atomic E-state index is 11.8. The minimum atomic E-state index is 0.402. The summed E-state index contributed by atoms with van der Waals surface area (Å²) in [6, 6.07) is 0. The number of rotatable bonds is 1. The van der Waals surface area contributed by atoms with Crippen molar-refractivity contribution in [1.29, 1.82) is 0 Å². The molecule has 0 aromatic heterocycles. The van der Waals surface area contributed by atoms with Crippen molar-refractivity contribution < 1.29 is 4.79 Å². The van der Waals surface area contributed by atoms with E-state index in [0.29, 0.717) is 11.7 Å². The number of allylic oxidation sites excluding steroid dienone is 1. The van der Waals surface area contributed by atoms with E-state index in [1.54, 1.807) is 0 Å². The summed E-state index contributed by atoms with van der Waals surface area (Å²) in [5.41, 5.74) is 3.27. The zero-order valence-electron chi connectivity index (χ0n) is 11.9. The molecule has 0 aliphatic heterocycles. The molecule has 0 spiro atoms. The van der Waals surface area contributed by atoms with Gasteiger partial charge in [-0.1, -0.05) is 39.0 Å². The molecule has 1 rings (SSSR count). The van der Waals surface area contributed by atoms with Crippen LogP contribution in [0.25, 0.3) is 0 Å². The largest absolute Gasteiger partial charge is 0.300 e. The maximum Gasteiger partial charge on any atom is 0.133 e. The van der Waals surface area contributed by atoms with E-state index in [-0.39, 0.29) is 0 Å². The van der Waals surface area contributed by atoms with E-state index in [0.717, 1.165) is 32.1 Å². The van der Waals surface area contributed by atoms with Gasteiger partial charge in [-0.2, -0.15) is 0 Å². The fraction of sp³-hybridized carbons (Fsp3) is 0.765. The summed E-state index contributed by atoms with van der Waals surface area (Å²) in [4.78, 5) is 11.8. The Morgan fingerprint density at radius 3 is 2.50 bits per heavy atom. The monoisotopic (exact) mass is 248 g/mol. The molecule has 0 saturated carbocycles. The van der Waals surface area contributed by atoms with E-state index >= 15 is 0 Å². The van der Waals surface area contributed by atoms with Crippen LogP contribution in [0.15, 0.2) is 17.9 Å². The Kier molecular flexibility index (Phi) is 8.59. The summed E-state index contributed by atoms with van der Waals surface area (Å²) in [7, 11) is 0. The molecule has 1 unspecified atom stereocenters. The average molecular weight is 248 g/mol. The molecule has 1 atom stereocenters. The molecule has 1 aliphatic carbocycles. The van der Waals surface area contributed by atoms with Crippen LogP contribution in [0.3, 0.4) is 0 Å². The fourth-order valence-corrected chi connectivity index (χ4v) is 2.46. The standard InChI is InChI=1S/C17H28O/c1-2-16-13-11-9-7-5-3-4-6-8-10-12-14-17(18)15-16/h9,13,16H,2-8,10,12,14-15H2,1H3. The molecule has 0 fully saturated rings. The number of hydrogen-bond acceptors (Lipinski definition) is 1. The zero-order chi connectivity index (χ0) is 13.1. The zero-order valence-corrected chi connectivity index (χ0v) is 11.9. The number of carbonyl (C=O) groups excluding carboxylic acids is 1. The molecular formula is C17H28O. The highest BCUT2D eigenvalue weighted by molar-refractivity contribution is 5.78. The summed E-state index contributed by atoms with van der Waals surface area (Å²) in [6.45, 7) is 2.16. The predicted molar refractivity (Wildman–Crippen MR) is 77.6 cm³/mol. The third-order valence-corrected chi connectivity index (χ3v) is 3.77. The Labute approximate surface area is 112 Å². The Bertz CT molecular complexity index is 284. The number of Topliss-reactive ketones (excluding diaryl/α,β-unsaturated/α-hetero) is 1. The molecule has 18 heavy (non-hydrogen) atoms. The van der Waals surface area contributed by atoms with Crippen molar-refractivity contribution in [1.82, 2.24) is 0 Å². The van der Waals surface area contributed by atoms with Gasteiger partial charge in [-0.25, -0.2) is 0 Å². The molecule has 102 valence electrons. The second kappa shape index (κ2) is 10.1. The lowest BCUT2D eigenvalue weighted by Crippen LogP contribution is -2.05. The van der Waals surface area contributed by atoms with Crippen LogP contribution in [-0.2, 0) is 4.79 Å².